The van der Waals surface area contributed by atoms with Crippen LogP contribution in [0.4, 0.5) is 0 Å². The van der Waals surface area contributed by atoms with Gasteiger partial charge in [-0.15, -0.1) is 0 Å². The Balaban J connectivity index is 1.70. The maximum atomic E-state index is 12.9. The molecule has 0 radical (unpaired) electrons. The third-order valence-electron chi connectivity index (χ3n) is 6.80. The zero-order chi connectivity index (χ0) is 20.4. The van der Waals surface area contributed by atoms with Crippen molar-refractivity contribution in [1.29, 1.82) is 0 Å². The Bertz CT molecular complexity index is 466. The summed E-state index contributed by atoms with van der Waals surface area (Å²) in [6.07, 6.45) is 12.7. The second-order valence-electron chi connectivity index (χ2n) is 9.08. The Morgan fingerprint density at radius 2 is 1.54 bits per heavy atom. The molecule has 162 valence electrons. The number of hydrogen-bond acceptors (Lipinski definition) is 3. The fraction of sp³-hybridized carbons (Fsp3) is 0.913. The van der Waals surface area contributed by atoms with Crippen molar-refractivity contribution in [2.75, 3.05) is 33.2 Å². The highest BCUT2D eigenvalue weighted by molar-refractivity contribution is 5.88. The van der Waals surface area contributed by atoms with Crippen molar-refractivity contribution in [1.82, 2.24) is 15.1 Å². The molecule has 0 aromatic heterocycles. The molecule has 0 spiro atoms. The second kappa shape index (κ2) is 12.5. The molecule has 0 saturated carbocycles. The van der Waals surface area contributed by atoms with Crippen LogP contribution in [-0.4, -0.2) is 60.9 Å². The topological polar surface area (TPSA) is 52.7 Å². The molecule has 0 aromatic carbocycles. The van der Waals surface area contributed by atoms with Crippen molar-refractivity contribution < 1.29 is 9.59 Å². The number of carbonyl (C=O) groups is 2. The summed E-state index contributed by atoms with van der Waals surface area (Å²) in [5.41, 5.74) is 0. The van der Waals surface area contributed by atoms with Crippen LogP contribution in [0.5, 0.6) is 0 Å². The quantitative estimate of drug-likeness (QED) is 0.574. The van der Waals surface area contributed by atoms with Crippen LogP contribution in [0.1, 0.15) is 84.5 Å². The Hall–Kier alpha value is -1.10. The van der Waals surface area contributed by atoms with Gasteiger partial charge < -0.3 is 15.1 Å². The summed E-state index contributed by atoms with van der Waals surface area (Å²) in [5.74, 6) is 1.72. The van der Waals surface area contributed by atoms with Crippen molar-refractivity contribution >= 4 is 11.8 Å². The van der Waals surface area contributed by atoms with Crippen LogP contribution in [0.15, 0.2) is 0 Å². The van der Waals surface area contributed by atoms with E-state index in [-0.39, 0.29) is 17.9 Å². The van der Waals surface area contributed by atoms with Crippen LogP contribution in [0.3, 0.4) is 0 Å². The summed E-state index contributed by atoms with van der Waals surface area (Å²) in [7, 11) is 1.80. The van der Waals surface area contributed by atoms with Gasteiger partial charge in [-0.2, -0.15) is 0 Å². The Labute approximate surface area is 172 Å². The number of amides is 2. The first-order valence-electron chi connectivity index (χ1n) is 11.8. The van der Waals surface area contributed by atoms with E-state index < -0.39 is 0 Å². The van der Waals surface area contributed by atoms with E-state index in [1.165, 1.54) is 38.5 Å². The third kappa shape index (κ3) is 7.38. The molecular weight excluding hydrogens is 350 g/mol. The number of hydrogen-bond donors (Lipinski definition) is 1. The van der Waals surface area contributed by atoms with Gasteiger partial charge in [-0.25, -0.2) is 0 Å². The van der Waals surface area contributed by atoms with E-state index in [1.807, 2.05) is 9.80 Å². The molecule has 28 heavy (non-hydrogen) atoms. The SMILES string of the molecule is CCCCCCCC1CCN(C(=O)C(CC(=O)N2CCC(C)CC2)NC)CC1. The van der Waals surface area contributed by atoms with Gasteiger partial charge in [-0.3, -0.25) is 9.59 Å². The number of nitrogens with zero attached hydrogens (tertiary/aromatic N) is 2. The van der Waals surface area contributed by atoms with Crippen LogP contribution in [0.2, 0.25) is 0 Å². The van der Waals surface area contributed by atoms with Crippen LogP contribution in [-0.2, 0) is 9.59 Å². The normalized spacial score (nSPS) is 20.4. The lowest BCUT2D eigenvalue weighted by atomic mass is 9.90. The molecule has 2 aliphatic heterocycles. The summed E-state index contributed by atoms with van der Waals surface area (Å²) < 4.78 is 0. The van der Waals surface area contributed by atoms with Crippen LogP contribution in [0.25, 0.3) is 0 Å². The van der Waals surface area contributed by atoms with E-state index >= 15 is 0 Å². The smallest absolute Gasteiger partial charge is 0.240 e. The predicted molar refractivity (Wildman–Crippen MR) is 115 cm³/mol. The van der Waals surface area contributed by atoms with E-state index in [0.717, 1.165) is 57.8 Å². The van der Waals surface area contributed by atoms with Crippen molar-refractivity contribution in [2.24, 2.45) is 11.8 Å². The van der Waals surface area contributed by atoms with Crippen molar-refractivity contribution in [2.45, 2.75) is 90.5 Å². The summed E-state index contributed by atoms with van der Waals surface area (Å²) in [5, 5.41) is 3.10. The molecule has 0 aromatic rings. The second-order valence-corrected chi connectivity index (χ2v) is 9.08. The molecule has 0 bridgehead atoms. The molecule has 1 N–H and O–H groups in total. The third-order valence-corrected chi connectivity index (χ3v) is 6.80. The predicted octanol–water partition coefficient (Wildman–Crippen LogP) is 3.82. The molecule has 1 atom stereocenters. The van der Waals surface area contributed by atoms with Gasteiger partial charge in [0.1, 0.15) is 0 Å². The highest BCUT2D eigenvalue weighted by Gasteiger charge is 2.30. The first kappa shape index (κ1) is 23.2. The largest absolute Gasteiger partial charge is 0.343 e. The highest BCUT2D eigenvalue weighted by atomic mass is 16.2. The molecule has 2 aliphatic rings. The van der Waals surface area contributed by atoms with E-state index in [1.54, 1.807) is 7.05 Å². The molecule has 2 fully saturated rings. The average molecular weight is 394 g/mol. The van der Waals surface area contributed by atoms with E-state index in [0.29, 0.717) is 12.3 Å². The zero-order valence-corrected chi connectivity index (χ0v) is 18.5. The molecule has 2 amide bonds. The standard InChI is InChI=1S/C23H43N3O2/c1-4-5-6-7-8-9-20-12-16-26(17-13-20)23(28)21(24-3)18-22(27)25-14-10-19(2)11-15-25/h19-21,24H,4-18H2,1-3H3. The van der Waals surface area contributed by atoms with Crippen LogP contribution >= 0.6 is 0 Å². The fourth-order valence-corrected chi connectivity index (χ4v) is 4.57. The number of rotatable bonds is 10. The van der Waals surface area contributed by atoms with Gasteiger partial charge in [-0.1, -0.05) is 52.4 Å². The van der Waals surface area contributed by atoms with E-state index in [9.17, 15) is 9.59 Å². The van der Waals surface area contributed by atoms with Crippen molar-refractivity contribution in [3.63, 3.8) is 0 Å². The lowest BCUT2D eigenvalue weighted by molar-refractivity contribution is -0.140. The highest BCUT2D eigenvalue weighted by Crippen LogP contribution is 2.24. The molecule has 2 saturated heterocycles. The molecule has 5 nitrogen and oxygen atoms in total. The van der Waals surface area contributed by atoms with Gasteiger partial charge in [0.25, 0.3) is 0 Å². The summed E-state index contributed by atoms with van der Waals surface area (Å²) in [6, 6.07) is -0.377. The maximum absolute atomic E-state index is 12.9. The van der Waals surface area contributed by atoms with E-state index in [4.69, 9.17) is 0 Å². The fourth-order valence-electron chi connectivity index (χ4n) is 4.57. The Morgan fingerprint density at radius 3 is 2.14 bits per heavy atom. The molecule has 5 heteroatoms. The van der Waals surface area contributed by atoms with Crippen molar-refractivity contribution in [3.8, 4) is 0 Å². The van der Waals surface area contributed by atoms with E-state index in [2.05, 4.69) is 19.2 Å². The summed E-state index contributed by atoms with van der Waals surface area (Å²) in [4.78, 5) is 29.5. The maximum Gasteiger partial charge on any atom is 0.240 e. The molecule has 1 unspecified atom stereocenters. The first-order valence-corrected chi connectivity index (χ1v) is 11.8. The number of nitrogens with one attached hydrogen (secondary N) is 1. The van der Waals surface area contributed by atoms with Crippen LogP contribution in [0, 0.1) is 11.8 Å². The average Bonchev–Trinajstić information content (AvgIpc) is 2.72. The Kier molecular flexibility index (Phi) is 10.3. The van der Waals surface area contributed by atoms with Gasteiger partial charge >= 0.3 is 0 Å². The lowest BCUT2D eigenvalue weighted by Crippen LogP contribution is -2.50. The molecular formula is C23H43N3O2. The van der Waals surface area contributed by atoms with Gasteiger partial charge in [-0.05, 0) is 44.6 Å². The number of piperidine rings is 2. The summed E-state index contributed by atoms with van der Waals surface area (Å²) in [6.45, 7) is 7.89. The minimum absolute atomic E-state index is 0.114. The number of carbonyl (C=O) groups excluding carboxylic acids is 2. The minimum atomic E-state index is -0.377. The number of unbranched alkanes of at least 4 members (excludes halogenated alkanes) is 4. The summed E-state index contributed by atoms with van der Waals surface area (Å²) >= 11 is 0. The van der Waals surface area contributed by atoms with Gasteiger partial charge in [0.2, 0.25) is 11.8 Å². The van der Waals surface area contributed by atoms with Crippen molar-refractivity contribution in [3.05, 3.63) is 0 Å². The minimum Gasteiger partial charge on any atom is -0.343 e. The number of likely N-dealkylation sites (tertiary alicyclic amines) is 2. The monoisotopic (exact) mass is 393 g/mol. The zero-order valence-electron chi connectivity index (χ0n) is 18.5. The van der Waals surface area contributed by atoms with Gasteiger partial charge in [0, 0.05) is 26.2 Å². The van der Waals surface area contributed by atoms with Gasteiger partial charge in [0.15, 0.2) is 0 Å². The van der Waals surface area contributed by atoms with Gasteiger partial charge in [0.05, 0.1) is 12.5 Å². The van der Waals surface area contributed by atoms with Crippen LogP contribution < -0.4 is 5.32 Å². The lowest BCUT2D eigenvalue weighted by Gasteiger charge is -2.35. The molecule has 2 rings (SSSR count). The number of likely N-dealkylation sites (N-methyl/N-ethyl adjacent to an activating group) is 1. The molecule has 2 heterocycles. The Morgan fingerprint density at radius 1 is 0.929 bits per heavy atom. The first-order chi connectivity index (χ1) is 13.5. The molecule has 0 aliphatic carbocycles.